The minimum atomic E-state index is 0.190. The van der Waals surface area contributed by atoms with Crippen LogP contribution in [0.3, 0.4) is 0 Å². The van der Waals surface area contributed by atoms with Gasteiger partial charge in [0, 0.05) is 19.2 Å². The van der Waals surface area contributed by atoms with Crippen LogP contribution in [0.25, 0.3) is 0 Å². The fourth-order valence-electron chi connectivity index (χ4n) is 1.29. The lowest BCUT2D eigenvalue weighted by Gasteiger charge is -2.19. The van der Waals surface area contributed by atoms with Gasteiger partial charge in [0.25, 0.3) is 0 Å². The molecule has 1 aromatic carbocycles. The quantitative estimate of drug-likeness (QED) is 0.854. The molecule has 0 aliphatic carbocycles. The van der Waals surface area contributed by atoms with Gasteiger partial charge in [-0.3, -0.25) is 0 Å². The summed E-state index contributed by atoms with van der Waals surface area (Å²) in [5.74, 6) is 0.239. The third kappa shape index (κ3) is 3.95. The van der Waals surface area contributed by atoms with E-state index >= 15 is 0 Å². The first-order valence-corrected chi connectivity index (χ1v) is 6.08. The second-order valence-electron chi connectivity index (χ2n) is 4.08. The molecule has 0 saturated carbocycles. The Morgan fingerprint density at radius 1 is 1.25 bits per heavy atom. The van der Waals surface area contributed by atoms with Crippen LogP contribution < -0.4 is 5.32 Å². The van der Waals surface area contributed by atoms with Crippen LogP contribution in [0.1, 0.15) is 19.4 Å². The van der Waals surface area contributed by atoms with E-state index in [9.17, 15) is 0 Å². The third-order valence-corrected chi connectivity index (χ3v) is 3.49. The van der Waals surface area contributed by atoms with E-state index in [0.717, 1.165) is 12.1 Å². The molecule has 0 heterocycles. The first-order chi connectivity index (χ1) is 7.54. The van der Waals surface area contributed by atoms with Gasteiger partial charge in [-0.15, -0.1) is 0 Å². The summed E-state index contributed by atoms with van der Waals surface area (Å²) in [6.45, 7) is 4.98. The molecule has 0 radical (unpaired) electrons. The maximum Gasteiger partial charge on any atom is 0.0595 e. The number of hydrogen-bond donors (Lipinski definition) is 2. The number of aliphatic hydroxyl groups is 1. The number of aliphatic hydroxyl groups excluding tert-OH is 1. The van der Waals surface area contributed by atoms with Gasteiger partial charge in [-0.05, 0) is 30.5 Å². The zero-order chi connectivity index (χ0) is 12.1. The van der Waals surface area contributed by atoms with Crippen LogP contribution in [0.4, 0.5) is 0 Å². The zero-order valence-corrected chi connectivity index (χ0v) is 11.0. The van der Waals surface area contributed by atoms with Gasteiger partial charge in [0.1, 0.15) is 0 Å². The molecule has 1 aromatic rings. The highest BCUT2D eigenvalue weighted by Gasteiger charge is 2.10. The smallest absolute Gasteiger partial charge is 0.0595 e. The molecule has 16 heavy (non-hydrogen) atoms. The highest BCUT2D eigenvalue weighted by atomic mass is 35.5. The molecular weight excluding hydrogens is 245 g/mol. The Labute approximate surface area is 107 Å². The van der Waals surface area contributed by atoms with Crippen molar-refractivity contribution in [3.05, 3.63) is 33.8 Å². The van der Waals surface area contributed by atoms with Crippen molar-refractivity contribution >= 4 is 23.2 Å². The number of hydrogen-bond acceptors (Lipinski definition) is 2. The second-order valence-corrected chi connectivity index (χ2v) is 4.89. The van der Waals surface area contributed by atoms with Crippen LogP contribution >= 0.6 is 23.2 Å². The molecule has 90 valence electrons. The Morgan fingerprint density at radius 2 is 1.94 bits per heavy atom. The SMILES string of the molecule is CC(CO)C(C)NCc1ccc(Cl)c(Cl)c1. The van der Waals surface area contributed by atoms with E-state index in [1.165, 1.54) is 0 Å². The zero-order valence-electron chi connectivity index (χ0n) is 9.50. The summed E-state index contributed by atoms with van der Waals surface area (Å²) < 4.78 is 0. The van der Waals surface area contributed by atoms with E-state index in [2.05, 4.69) is 12.2 Å². The fourth-order valence-corrected chi connectivity index (χ4v) is 1.61. The summed E-state index contributed by atoms with van der Waals surface area (Å²) in [5, 5.41) is 13.5. The van der Waals surface area contributed by atoms with Gasteiger partial charge < -0.3 is 10.4 Å². The molecule has 0 aromatic heterocycles. The lowest BCUT2D eigenvalue weighted by molar-refractivity contribution is 0.207. The predicted octanol–water partition coefficient (Wildman–Crippen LogP) is 3.10. The third-order valence-electron chi connectivity index (χ3n) is 2.75. The van der Waals surface area contributed by atoms with E-state index in [1.54, 1.807) is 6.07 Å². The number of rotatable bonds is 5. The van der Waals surface area contributed by atoms with Crippen molar-refractivity contribution in [3.63, 3.8) is 0 Å². The molecule has 0 bridgehead atoms. The summed E-state index contributed by atoms with van der Waals surface area (Å²) >= 11 is 11.8. The maximum atomic E-state index is 9.00. The van der Waals surface area contributed by atoms with Crippen molar-refractivity contribution in [2.45, 2.75) is 26.4 Å². The first kappa shape index (κ1) is 13.8. The van der Waals surface area contributed by atoms with Gasteiger partial charge >= 0.3 is 0 Å². The standard InChI is InChI=1S/C12H17Cl2NO/c1-8(7-16)9(2)15-6-10-3-4-11(13)12(14)5-10/h3-5,8-9,15-16H,6-7H2,1-2H3. The molecule has 0 fully saturated rings. The molecule has 0 spiro atoms. The molecule has 0 amide bonds. The van der Waals surface area contributed by atoms with Crippen LogP contribution in [0.15, 0.2) is 18.2 Å². The second kappa shape index (κ2) is 6.45. The monoisotopic (exact) mass is 261 g/mol. The normalized spacial score (nSPS) is 14.8. The number of nitrogens with one attached hydrogen (secondary N) is 1. The molecule has 4 heteroatoms. The van der Waals surface area contributed by atoms with E-state index < -0.39 is 0 Å². The van der Waals surface area contributed by atoms with Crippen molar-refractivity contribution in [3.8, 4) is 0 Å². The number of benzene rings is 1. The average molecular weight is 262 g/mol. The predicted molar refractivity (Wildman–Crippen MR) is 69.0 cm³/mol. The van der Waals surface area contributed by atoms with E-state index in [-0.39, 0.29) is 18.6 Å². The summed E-state index contributed by atoms with van der Waals surface area (Å²) in [7, 11) is 0. The van der Waals surface area contributed by atoms with Gasteiger partial charge in [0.15, 0.2) is 0 Å². The molecule has 2 nitrogen and oxygen atoms in total. The number of halogens is 2. The molecule has 0 aliphatic rings. The summed E-state index contributed by atoms with van der Waals surface area (Å²) in [6.07, 6.45) is 0. The maximum absolute atomic E-state index is 9.00. The first-order valence-electron chi connectivity index (χ1n) is 5.32. The molecular formula is C12H17Cl2NO. The average Bonchev–Trinajstić information content (AvgIpc) is 2.29. The Kier molecular flexibility index (Phi) is 5.56. The molecule has 1 rings (SSSR count). The topological polar surface area (TPSA) is 32.3 Å². The van der Waals surface area contributed by atoms with Crippen LogP contribution in [0.5, 0.6) is 0 Å². The Balaban J connectivity index is 2.51. The highest BCUT2D eigenvalue weighted by molar-refractivity contribution is 6.42. The summed E-state index contributed by atoms with van der Waals surface area (Å²) in [4.78, 5) is 0. The van der Waals surface area contributed by atoms with Crippen molar-refractivity contribution in [1.29, 1.82) is 0 Å². The van der Waals surface area contributed by atoms with Crippen LogP contribution in [0.2, 0.25) is 10.0 Å². The van der Waals surface area contributed by atoms with E-state index in [0.29, 0.717) is 10.0 Å². The van der Waals surface area contributed by atoms with Crippen molar-refractivity contribution < 1.29 is 5.11 Å². The minimum Gasteiger partial charge on any atom is -0.396 e. The lowest BCUT2D eigenvalue weighted by atomic mass is 10.0. The van der Waals surface area contributed by atoms with Crippen LogP contribution in [0, 0.1) is 5.92 Å². The molecule has 2 N–H and O–H groups in total. The minimum absolute atomic E-state index is 0.190. The molecule has 2 unspecified atom stereocenters. The van der Waals surface area contributed by atoms with Crippen molar-refractivity contribution in [2.75, 3.05) is 6.61 Å². The largest absolute Gasteiger partial charge is 0.396 e. The van der Waals surface area contributed by atoms with Crippen LogP contribution in [-0.2, 0) is 6.54 Å². The van der Waals surface area contributed by atoms with Crippen molar-refractivity contribution in [1.82, 2.24) is 5.32 Å². The fraction of sp³-hybridized carbons (Fsp3) is 0.500. The van der Waals surface area contributed by atoms with Crippen molar-refractivity contribution in [2.24, 2.45) is 5.92 Å². The Hall–Kier alpha value is -0.280. The lowest BCUT2D eigenvalue weighted by Crippen LogP contribution is -2.33. The van der Waals surface area contributed by atoms with Gasteiger partial charge in [-0.2, -0.15) is 0 Å². The summed E-state index contributed by atoms with van der Waals surface area (Å²) in [6, 6.07) is 5.85. The van der Waals surface area contributed by atoms with Crippen LogP contribution in [-0.4, -0.2) is 17.8 Å². The highest BCUT2D eigenvalue weighted by Crippen LogP contribution is 2.22. The Morgan fingerprint density at radius 3 is 2.50 bits per heavy atom. The van der Waals surface area contributed by atoms with Gasteiger partial charge in [-0.25, -0.2) is 0 Å². The molecule has 0 saturated heterocycles. The van der Waals surface area contributed by atoms with Gasteiger partial charge in [-0.1, -0.05) is 36.2 Å². The van der Waals surface area contributed by atoms with E-state index in [1.807, 2.05) is 19.1 Å². The Bertz CT molecular complexity index is 344. The van der Waals surface area contributed by atoms with Gasteiger partial charge in [0.05, 0.1) is 10.0 Å². The molecule has 2 atom stereocenters. The summed E-state index contributed by atoms with van der Waals surface area (Å²) in [5.41, 5.74) is 1.09. The molecule has 0 aliphatic heterocycles. The van der Waals surface area contributed by atoms with E-state index in [4.69, 9.17) is 28.3 Å². The van der Waals surface area contributed by atoms with Gasteiger partial charge in [0.2, 0.25) is 0 Å².